The van der Waals surface area contributed by atoms with E-state index in [9.17, 15) is 10.2 Å². The summed E-state index contributed by atoms with van der Waals surface area (Å²) in [5.41, 5.74) is 1.72. The number of aliphatic hydroxyl groups excluding tert-OH is 2. The van der Waals surface area contributed by atoms with Crippen LogP contribution in [0, 0.1) is 0 Å². The van der Waals surface area contributed by atoms with Gasteiger partial charge in [0.05, 0.1) is 13.2 Å². The molecule has 0 aliphatic carbocycles. The van der Waals surface area contributed by atoms with Crippen molar-refractivity contribution in [3.05, 3.63) is 71.8 Å². The Kier molecular flexibility index (Phi) is 5.31. The average molecular weight is 358 g/mol. The van der Waals surface area contributed by atoms with Gasteiger partial charge in [-0.05, 0) is 0 Å². The Bertz CT molecular complexity index is 694. The molecule has 6 atom stereocenters. The number of aliphatic hydroxyl groups is 2. The van der Waals surface area contributed by atoms with Gasteiger partial charge >= 0.3 is 0 Å². The minimum atomic E-state index is -1.10. The van der Waals surface area contributed by atoms with Gasteiger partial charge < -0.3 is 29.2 Å². The Morgan fingerprint density at radius 3 is 2.08 bits per heavy atom. The molecule has 4 rings (SSSR count). The van der Waals surface area contributed by atoms with E-state index >= 15 is 0 Å². The highest BCUT2D eigenvalue weighted by Crippen LogP contribution is 2.38. The van der Waals surface area contributed by atoms with Gasteiger partial charge in [-0.2, -0.15) is 0 Å². The van der Waals surface area contributed by atoms with Gasteiger partial charge in [0, 0.05) is 11.1 Å². The van der Waals surface area contributed by atoms with Crippen LogP contribution in [0.1, 0.15) is 23.7 Å². The Hall–Kier alpha value is -1.80. The summed E-state index contributed by atoms with van der Waals surface area (Å²) in [6.45, 7) is -0.170. The van der Waals surface area contributed by atoms with Crippen LogP contribution in [0.5, 0.6) is 0 Å². The van der Waals surface area contributed by atoms with Gasteiger partial charge in [-0.1, -0.05) is 60.7 Å². The Morgan fingerprint density at radius 1 is 0.846 bits per heavy atom. The third kappa shape index (κ3) is 3.53. The summed E-state index contributed by atoms with van der Waals surface area (Å²) >= 11 is 0. The normalized spacial score (nSPS) is 32.6. The number of ether oxygens (including phenoxy) is 4. The first-order valence-electron chi connectivity index (χ1n) is 8.73. The molecule has 2 aromatic carbocycles. The molecule has 6 nitrogen and oxygen atoms in total. The van der Waals surface area contributed by atoms with Crippen LogP contribution >= 0.6 is 0 Å². The Labute approximate surface area is 151 Å². The number of hydrogen-bond acceptors (Lipinski definition) is 6. The van der Waals surface area contributed by atoms with E-state index in [2.05, 4.69) is 0 Å². The summed E-state index contributed by atoms with van der Waals surface area (Å²) < 4.78 is 24.0. The monoisotopic (exact) mass is 358 g/mol. The molecule has 0 radical (unpaired) electrons. The predicted octanol–water partition coefficient (Wildman–Crippen LogP) is 1.94. The van der Waals surface area contributed by atoms with Gasteiger partial charge in [-0.25, -0.2) is 0 Å². The maximum atomic E-state index is 10.3. The molecule has 2 N–H and O–H groups in total. The second-order valence-corrected chi connectivity index (χ2v) is 6.44. The van der Waals surface area contributed by atoms with Crippen molar-refractivity contribution >= 4 is 0 Å². The topological polar surface area (TPSA) is 77.4 Å². The third-order valence-electron chi connectivity index (χ3n) is 4.67. The summed E-state index contributed by atoms with van der Waals surface area (Å²) in [5.74, 6) is 0. The lowest BCUT2D eigenvalue weighted by molar-refractivity contribution is -0.216. The van der Waals surface area contributed by atoms with Crippen LogP contribution in [-0.2, 0) is 18.9 Å². The van der Waals surface area contributed by atoms with Gasteiger partial charge in [-0.3, -0.25) is 0 Å². The van der Waals surface area contributed by atoms with E-state index < -0.39 is 43.6 Å². The van der Waals surface area contributed by atoms with Gasteiger partial charge in [0.25, 0.3) is 0 Å². The first-order valence-corrected chi connectivity index (χ1v) is 8.73. The standard InChI is InChI=1S/C20H22O6/c21-11-15(22)17-18-16(24-20(26-18)14-9-5-2-6-10-14)12-23-19(25-17)13-7-3-1-4-8-13/h1-10,15-22H,11-12H2/t15-,16+,17-,18-,19?,20?/m1/s1. The smallest absolute Gasteiger partial charge is 0.184 e. The summed E-state index contributed by atoms with van der Waals surface area (Å²) in [4.78, 5) is 0. The molecule has 138 valence electrons. The van der Waals surface area contributed by atoms with Crippen LogP contribution in [-0.4, -0.2) is 47.8 Å². The van der Waals surface area contributed by atoms with Crippen LogP contribution in [0.25, 0.3) is 0 Å². The molecule has 0 spiro atoms. The van der Waals surface area contributed by atoms with Crippen molar-refractivity contribution in [2.75, 3.05) is 13.2 Å². The molecule has 2 aromatic rings. The molecule has 6 heteroatoms. The quantitative estimate of drug-likeness (QED) is 0.870. The molecule has 0 amide bonds. The van der Waals surface area contributed by atoms with Crippen molar-refractivity contribution < 1.29 is 29.2 Å². The van der Waals surface area contributed by atoms with Crippen molar-refractivity contribution in [1.29, 1.82) is 0 Å². The van der Waals surface area contributed by atoms with Crippen molar-refractivity contribution in [3.63, 3.8) is 0 Å². The minimum Gasteiger partial charge on any atom is -0.394 e. The maximum Gasteiger partial charge on any atom is 0.184 e. The predicted molar refractivity (Wildman–Crippen MR) is 92.0 cm³/mol. The van der Waals surface area contributed by atoms with Crippen molar-refractivity contribution in [2.24, 2.45) is 0 Å². The molecule has 0 aromatic heterocycles. The number of fused-ring (bicyclic) bond motifs is 1. The second kappa shape index (κ2) is 7.84. The highest BCUT2D eigenvalue weighted by molar-refractivity contribution is 5.18. The summed E-state index contributed by atoms with van der Waals surface area (Å²) in [6.07, 6.45) is -4.04. The Balaban J connectivity index is 1.56. The molecule has 26 heavy (non-hydrogen) atoms. The van der Waals surface area contributed by atoms with E-state index in [4.69, 9.17) is 18.9 Å². The molecular formula is C20H22O6. The first-order chi connectivity index (χ1) is 12.8. The number of rotatable bonds is 4. The lowest BCUT2D eigenvalue weighted by Crippen LogP contribution is -2.45. The molecule has 2 unspecified atom stereocenters. The summed E-state index contributed by atoms with van der Waals surface area (Å²) in [7, 11) is 0. The van der Waals surface area contributed by atoms with Crippen molar-refractivity contribution in [1.82, 2.24) is 0 Å². The third-order valence-corrected chi connectivity index (χ3v) is 4.67. The molecule has 2 fully saturated rings. The zero-order valence-electron chi connectivity index (χ0n) is 14.2. The molecular weight excluding hydrogens is 336 g/mol. The fourth-order valence-electron chi connectivity index (χ4n) is 3.33. The van der Waals surface area contributed by atoms with Crippen LogP contribution < -0.4 is 0 Å². The maximum absolute atomic E-state index is 10.3. The lowest BCUT2D eigenvalue weighted by atomic mass is 10.0. The Morgan fingerprint density at radius 2 is 1.46 bits per heavy atom. The van der Waals surface area contributed by atoms with Gasteiger partial charge in [0.15, 0.2) is 12.6 Å². The van der Waals surface area contributed by atoms with Crippen molar-refractivity contribution in [2.45, 2.75) is 37.0 Å². The van der Waals surface area contributed by atoms with E-state index in [1.807, 2.05) is 60.7 Å². The fourth-order valence-corrected chi connectivity index (χ4v) is 3.33. The van der Waals surface area contributed by atoms with Gasteiger partial charge in [0.1, 0.15) is 24.4 Å². The zero-order valence-corrected chi connectivity index (χ0v) is 14.2. The number of benzene rings is 2. The minimum absolute atomic E-state index is 0.266. The number of hydrogen-bond donors (Lipinski definition) is 2. The highest BCUT2D eigenvalue weighted by atomic mass is 16.8. The van der Waals surface area contributed by atoms with Crippen LogP contribution in [0.15, 0.2) is 60.7 Å². The van der Waals surface area contributed by atoms with E-state index in [0.29, 0.717) is 0 Å². The molecule has 0 bridgehead atoms. The van der Waals surface area contributed by atoms with E-state index in [1.54, 1.807) is 0 Å². The van der Waals surface area contributed by atoms with Crippen LogP contribution in [0.3, 0.4) is 0 Å². The van der Waals surface area contributed by atoms with E-state index in [0.717, 1.165) is 11.1 Å². The second-order valence-electron chi connectivity index (χ2n) is 6.44. The van der Waals surface area contributed by atoms with E-state index in [1.165, 1.54) is 0 Å². The van der Waals surface area contributed by atoms with Crippen molar-refractivity contribution in [3.8, 4) is 0 Å². The van der Waals surface area contributed by atoms with Gasteiger partial charge in [0.2, 0.25) is 0 Å². The van der Waals surface area contributed by atoms with Crippen LogP contribution in [0.4, 0.5) is 0 Å². The van der Waals surface area contributed by atoms with Gasteiger partial charge in [-0.15, -0.1) is 0 Å². The molecule has 2 heterocycles. The summed E-state index contributed by atoms with van der Waals surface area (Å²) in [5, 5.41) is 19.8. The molecule has 0 saturated carbocycles. The lowest BCUT2D eigenvalue weighted by Gasteiger charge is -2.28. The highest BCUT2D eigenvalue weighted by Gasteiger charge is 2.48. The SMILES string of the molecule is OC[C@@H](O)[C@H]1OC(c2ccccc2)OC[C@@H]2OC(c3ccccc3)O[C@@H]12. The summed E-state index contributed by atoms with van der Waals surface area (Å²) in [6, 6.07) is 19.1. The first kappa shape index (κ1) is 17.6. The largest absolute Gasteiger partial charge is 0.394 e. The molecule has 2 saturated heterocycles. The fraction of sp³-hybridized carbons (Fsp3) is 0.400. The van der Waals surface area contributed by atoms with Crippen LogP contribution in [0.2, 0.25) is 0 Å². The average Bonchev–Trinajstić information content (AvgIpc) is 3.05. The van der Waals surface area contributed by atoms with E-state index in [-0.39, 0.29) is 6.61 Å². The molecule has 2 aliphatic heterocycles. The zero-order chi connectivity index (χ0) is 17.9. The molecule has 2 aliphatic rings.